The Balaban J connectivity index is 1.30. The van der Waals surface area contributed by atoms with Gasteiger partial charge in [0, 0.05) is 56.9 Å². The fourth-order valence-electron chi connectivity index (χ4n) is 7.16. The summed E-state index contributed by atoms with van der Waals surface area (Å²) in [6.45, 7) is 3.31. The number of nitrogens with one attached hydrogen (secondary N) is 1. The summed E-state index contributed by atoms with van der Waals surface area (Å²) >= 11 is 0. The van der Waals surface area contributed by atoms with Crippen molar-refractivity contribution in [2.75, 3.05) is 50.2 Å². The van der Waals surface area contributed by atoms with Crippen LogP contribution < -0.4 is 9.80 Å². The normalized spacial score (nSPS) is 18.6. The molecule has 3 aliphatic rings. The van der Waals surface area contributed by atoms with Gasteiger partial charge in [0.25, 0.3) is 0 Å². The molecule has 3 fully saturated rings. The van der Waals surface area contributed by atoms with Crippen LogP contribution in [0.25, 0.3) is 33.9 Å². The van der Waals surface area contributed by atoms with Crippen molar-refractivity contribution in [3.8, 4) is 22.8 Å². The maximum atomic E-state index is 14.2. The molecule has 7 rings (SSSR count). The van der Waals surface area contributed by atoms with Crippen LogP contribution in [0, 0.1) is 5.41 Å². The van der Waals surface area contributed by atoms with Crippen LogP contribution in [0.1, 0.15) is 75.0 Å². The molecule has 1 saturated heterocycles. The molecule has 0 spiro atoms. The molecule has 4 aromatic rings. The third-order valence-corrected chi connectivity index (χ3v) is 9.58. The summed E-state index contributed by atoms with van der Waals surface area (Å²) in [5.74, 6) is 1.22. The number of pyridine rings is 2. The predicted octanol–water partition coefficient (Wildman–Crippen LogP) is 7.01. The zero-order valence-electron chi connectivity index (χ0n) is 25.8. The number of hydrogen-bond donors (Lipinski definition) is 1. The van der Waals surface area contributed by atoms with Gasteiger partial charge in [-0.3, -0.25) is 4.98 Å². The number of methoxy groups -OCH3 is 1. The first-order chi connectivity index (χ1) is 21.7. The minimum absolute atomic E-state index is 0.00517. The van der Waals surface area contributed by atoms with E-state index in [1.165, 1.54) is 18.7 Å². The Morgan fingerprint density at radius 1 is 0.956 bits per heavy atom. The van der Waals surface area contributed by atoms with Gasteiger partial charge in [-0.1, -0.05) is 12.8 Å². The molecule has 238 valence electrons. The minimum Gasteiger partial charge on any atom is -0.384 e. The standard InChI is InChI=1S/C33H39F3N8O/c1-43(19-32(20-45-2)10-4-5-11-32)26-15-24(22-14-23(33(34,35)36)28(39-16-22)21-8-9-21)40-31-29(26)41-30(42-31)25-17-38-27(18-37-25)44-12-6-3-7-13-44/h14-18,21H,3-13,19-20H2,1-2H3,(H,40,41,42). The van der Waals surface area contributed by atoms with Crippen molar-refractivity contribution in [3.05, 3.63) is 42.0 Å². The number of piperidine rings is 1. The van der Waals surface area contributed by atoms with Gasteiger partial charge in [-0.15, -0.1) is 0 Å². The Hall–Kier alpha value is -3.80. The Morgan fingerprint density at radius 3 is 2.40 bits per heavy atom. The molecule has 2 saturated carbocycles. The second-order valence-electron chi connectivity index (χ2n) is 13.0. The number of aromatic nitrogens is 6. The highest BCUT2D eigenvalue weighted by molar-refractivity contribution is 5.91. The highest BCUT2D eigenvalue weighted by atomic mass is 19.4. The van der Waals surface area contributed by atoms with Crippen LogP contribution in [0.3, 0.4) is 0 Å². The first-order valence-corrected chi connectivity index (χ1v) is 16.0. The maximum absolute atomic E-state index is 14.2. The van der Waals surface area contributed by atoms with E-state index in [0.717, 1.165) is 82.5 Å². The molecule has 1 N–H and O–H groups in total. The molecule has 12 heteroatoms. The van der Waals surface area contributed by atoms with Gasteiger partial charge >= 0.3 is 6.18 Å². The van der Waals surface area contributed by atoms with Crippen molar-refractivity contribution in [2.45, 2.75) is 69.9 Å². The zero-order valence-corrected chi connectivity index (χ0v) is 25.8. The number of H-pyrrole nitrogens is 1. The number of rotatable bonds is 9. The average molecular weight is 621 g/mol. The smallest absolute Gasteiger partial charge is 0.384 e. The lowest BCUT2D eigenvalue weighted by molar-refractivity contribution is -0.138. The Kier molecular flexibility index (Phi) is 7.87. The van der Waals surface area contributed by atoms with E-state index in [2.05, 4.69) is 29.7 Å². The molecule has 4 aromatic heterocycles. The van der Waals surface area contributed by atoms with Gasteiger partial charge in [0.05, 0.1) is 41.6 Å². The van der Waals surface area contributed by atoms with Crippen molar-refractivity contribution in [1.29, 1.82) is 0 Å². The van der Waals surface area contributed by atoms with Crippen molar-refractivity contribution < 1.29 is 17.9 Å². The number of nitrogens with zero attached hydrogens (tertiary/aromatic N) is 7. The molecule has 0 bridgehead atoms. The first kappa shape index (κ1) is 29.9. The van der Waals surface area contributed by atoms with Gasteiger partial charge in [0.2, 0.25) is 0 Å². The lowest BCUT2D eigenvalue weighted by Crippen LogP contribution is -2.37. The van der Waals surface area contributed by atoms with E-state index >= 15 is 0 Å². The number of hydrogen-bond acceptors (Lipinski definition) is 8. The van der Waals surface area contributed by atoms with E-state index in [-0.39, 0.29) is 17.0 Å². The van der Waals surface area contributed by atoms with Crippen LogP contribution in [-0.4, -0.2) is 70.3 Å². The number of anilines is 2. The van der Waals surface area contributed by atoms with Crippen molar-refractivity contribution in [2.24, 2.45) is 5.41 Å². The van der Waals surface area contributed by atoms with Crippen LogP contribution in [0.5, 0.6) is 0 Å². The van der Waals surface area contributed by atoms with Gasteiger partial charge in [-0.2, -0.15) is 13.2 Å². The zero-order chi connectivity index (χ0) is 31.2. The number of alkyl halides is 3. The number of halogens is 3. The summed E-state index contributed by atoms with van der Waals surface area (Å²) in [5, 5.41) is 0. The Morgan fingerprint density at radius 2 is 1.73 bits per heavy atom. The fraction of sp³-hybridized carbons (Fsp3) is 0.545. The van der Waals surface area contributed by atoms with E-state index < -0.39 is 11.7 Å². The number of ether oxygens (including phenoxy) is 1. The second kappa shape index (κ2) is 11.9. The molecule has 45 heavy (non-hydrogen) atoms. The highest BCUT2D eigenvalue weighted by Gasteiger charge is 2.40. The van der Waals surface area contributed by atoms with Gasteiger partial charge in [-0.25, -0.2) is 19.9 Å². The van der Waals surface area contributed by atoms with Crippen molar-refractivity contribution >= 4 is 22.7 Å². The van der Waals surface area contributed by atoms with E-state index in [1.807, 2.05) is 13.1 Å². The summed E-state index contributed by atoms with van der Waals surface area (Å²) in [5.41, 5.74) is 2.61. The minimum atomic E-state index is -4.50. The molecule has 0 atom stereocenters. The summed E-state index contributed by atoms with van der Waals surface area (Å²) in [6.07, 6.45) is 9.90. The van der Waals surface area contributed by atoms with Crippen LogP contribution in [0.4, 0.5) is 24.7 Å². The first-order valence-electron chi connectivity index (χ1n) is 16.0. The molecular formula is C33H39F3N8O. The van der Waals surface area contributed by atoms with Crippen LogP contribution in [0.2, 0.25) is 0 Å². The topological polar surface area (TPSA) is 95.9 Å². The molecule has 2 aliphatic carbocycles. The molecule has 0 aromatic carbocycles. The van der Waals surface area contributed by atoms with E-state index in [4.69, 9.17) is 14.7 Å². The Bertz CT molecular complexity index is 1660. The van der Waals surface area contributed by atoms with Gasteiger partial charge in [0.15, 0.2) is 11.5 Å². The van der Waals surface area contributed by atoms with Crippen LogP contribution in [-0.2, 0) is 10.9 Å². The second-order valence-corrected chi connectivity index (χ2v) is 13.0. The predicted molar refractivity (Wildman–Crippen MR) is 167 cm³/mol. The molecule has 0 unspecified atom stereocenters. The largest absolute Gasteiger partial charge is 0.418 e. The quantitative estimate of drug-likeness (QED) is 0.214. The maximum Gasteiger partial charge on any atom is 0.418 e. The lowest BCUT2D eigenvalue weighted by atomic mass is 9.86. The number of fused-ring (bicyclic) bond motifs is 1. The van der Waals surface area contributed by atoms with E-state index in [0.29, 0.717) is 40.5 Å². The number of aromatic amines is 1. The molecule has 1 aliphatic heterocycles. The summed E-state index contributed by atoms with van der Waals surface area (Å²) in [4.78, 5) is 31.0. The molecule has 0 amide bonds. The molecular weight excluding hydrogens is 581 g/mol. The van der Waals surface area contributed by atoms with Crippen LogP contribution >= 0.6 is 0 Å². The van der Waals surface area contributed by atoms with Crippen molar-refractivity contribution in [3.63, 3.8) is 0 Å². The van der Waals surface area contributed by atoms with Crippen molar-refractivity contribution in [1.82, 2.24) is 29.9 Å². The van der Waals surface area contributed by atoms with Crippen LogP contribution in [0.15, 0.2) is 30.7 Å². The lowest BCUT2D eigenvalue weighted by Gasteiger charge is -2.34. The summed E-state index contributed by atoms with van der Waals surface area (Å²) in [7, 11) is 3.75. The molecule has 5 heterocycles. The molecule has 9 nitrogen and oxygen atoms in total. The van der Waals surface area contributed by atoms with Gasteiger partial charge in [0.1, 0.15) is 17.0 Å². The SMILES string of the molecule is COCC1(CN(C)c2cc(-c3cnc(C4CC4)c(C(F)(F)F)c3)nc3nc(-c4cnc(N5CCCCC5)cn4)[nH]c23)CCCC1. The summed E-state index contributed by atoms with van der Waals surface area (Å²) < 4.78 is 48.1. The third kappa shape index (κ3) is 6.08. The summed E-state index contributed by atoms with van der Waals surface area (Å²) in [6, 6.07) is 3.04. The van der Waals surface area contributed by atoms with E-state index in [9.17, 15) is 13.2 Å². The number of imidazole rings is 1. The third-order valence-electron chi connectivity index (χ3n) is 9.58. The fourth-order valence-corrected chi connectivity index (χ4v) is 7.16. The average Bonchev–Trinajstić information content (AvgIpc) is 3.64. The van der Waals surface area contributed by atoms with Gasteiger partial charge < -0.3 is 19.5 Å². The molecule has 0 radical (unpaired) electrons. The van der Waals surface area contributed by atoms with E-state index in [1.54, 1.807) is 19.5 Å². The highest BCUT2D eigenvalue weighted by Crippen LogP contribution is 2.46. The van der Waals surface area contributed by atoms with Gasteiger partial charge in [-0.05, 0) is 57.1 Å². The monoisotopic (exact) mass is 620 g/mol. The Labute approximate surface area is 260 Å².